The molecule has 186 valence electrons. The van der Waals surface area contributed by atoms with Gasteiger partial charge in [0, 0.05) is 25.0 Å². The number of rotatable bonds is 2. The van der Waals surface area contributed by atoms with Gasteiger partial charge in [0.25, 0.3) is 0 Å². The van der Waals surface area contributed by atoms with Crippen LogP contribution in [0.2, 0.25) is 0 Å². The summed E-state index contributed by atoms with van der Waals surface area (Å²) in [5.41, 5.74) is -1.43. The van der Waals surface area contributed by atoms with Crippen molar-refractivity contribution in [3.05, 3.63) is 46.5 Å². The van der Waals surface area contributed by atoms with Crippen LogP contribution in [-0.2, 0) is 19.1 Å². The lowest BCUT2D eigenvalue weighted by atomic mass is 9.81. The molecule has 3 aliphatic carbocycles. The van der Waals surface area contributed by atoms with Gasteiger partial charge in [-0.05, 0) is 63.2 Å². The van der Waals surface area contributed by atoms with Crippen LogP contribution in [0.1, 0.15) is 98.8 Å². The molecule has 0 unspecified atom stereocenters. The predicted octanol–water partition coefficient (Wildman–Crippen LogP) is 4.90. The SMILES string of the molecule is CC(=O)OC1(C#CC2=C(C#CC3(OC(C)=O)CCCCC3)C(=O)c3ccccc3C2=O)CCCCC1. The van der Waals surface area contributed by atoms with Crippen LogP contribution in [0.25, 0.3) is 0 Å². The minimum absolute atomic E-state index is 0.00270. The Balaban J connectivity index is 1.84. The highest BCUT2D eigenvalue weighted by atomic mass is 16.6. The minimum atomic E-state index is -0.988. The standard InChI is InChI=1S/C30H30O6/c1-21(31)35-29(15-7-3-8-16-29)19-13-25-26(28(34)24-12-6-5-11-23(24)27(25)33)14-20-30(36-22(2)32)17-9-4-10-18-30/h5-6,11-12H,3-4,7-10,15-18H2,1-2H3. The van der Waals surface area contributed by atoms with Crippen molar-refractivity contribution in [3.8, 4) is 23.7 Å². The molecule has 0 atom stereocenters. The zero-order valence-electron chi connectivity index (χ0n) is 20.8. The number of Topliss-reactive ketones (excluding diaryl/α,β-unsaturated/α-hetero) is 2. The third-order valence-electron chi connectivity index (χ3n) is 6.95. The highest BCUT2D eigenvalue weighted by Crippen LogP contribution is 2.34. The van der Waals surface area contributed by atoms with Crippen LogP contribution in [0.4, 0.5) is 0 Å². The Morgan fingerprint density at radius 3 is 1.36 bits per heavy atom. The fraction of sp³-hybridized carbons (Fsp3) is 0.467. The van der Waals surface area contributed by atoms with E-state index in [9.17, 15) is 19.2 Å². The Morgan fingerprint density at radius 1 is 0.667 bits per heavy atom. The van der Waals surface area contributed by atoms with E-state index in [1.54, 1.807) is 24.3 Å². The van der Waals surface area contributed by atoms with Gasteiger partial charge in [0.15, 0.2) is 11.2 Å². The van der Waals surface area contributed by atoms with Gasteiger partial charge >= 0.3 is 11.9 Å². The summed E-state index contributed by atoms with van der Waals surface area (Å²) >= 11 is 0. The van der Waals surface area contributed by atoms with Crippen LogP contribution in [0, 0.1) is 23.7 Å². The van der Waals surface area contributed by atoms with Gasteiger partial charge in [-0.1, -0.05) is 48.9 Å². The normalized spacial score (nSPS) is 20.2. The van der Waals surface area contributed by atoms with Gasteiger partial charge in [-0.25, -0.2) is 0 Å². The van der Waals surface area contributed by atoms with E-state index in [2.05, 4.69) is 23.7 Å². The van der Waals surface area contributed by atoms with Gasteiger partial charge in [-0.3, -0.25) is 19.2 Å². The van der Waals surface area contributed by atoms with Crippen molar-refractivity contribution in [2.45, 2.75) is 89.3 Å². The number of carbonyl (C=O) groups is 4. The lowest BCUT2D eigenvalue weighted by molar-refractivity contribution is -0.154. The Bertz CT molecular complexity index is 1150. The van der Waals surface area contributed by atoms with E-state index in [1.807, 2.05) is 0 Å². The molecule has 0 aromatic heterocycles. The van der Waals surface area contributed by atoms with Gasteiger partial charge in [0.1, 0.15) is 0 Å². The molecule has 6 nitrogen and oxygen atoms in total. The van der Waals surface area contributed by atoms with Gasteiger partial charge < -0.3 is 9.47 Å². The van der Waals surface area contributed by atoms with E-state index in [0.29, 0.717) is 25.7 Å². The first-order valence-electron chi connectivity index (χ1n) is 12.6. The molecular weight excluding hydrogens is 456 g/mol. The molecule has 0 aliphatic heterocycles. The summed E-state index contributed by atoms with van der Waals surface area (Å²) < 4.78 is 11.3. The minimum Gasteiger partial charge on any atom is -0.446 e. The number of carbonyl (C=O) groups excluding carboxylic acids is 4. The molecule has 2 fully saturated rings. The molecule has 0 N–H and O–H groups in total. The molecule has 0 bridgehead atoms. The average molecular weight is 487 g/mol. The maximum atomic E-state index is 13.5. The zero-order valence-corrected chi connectivity index (χ0v) is 20.8. The lowest BCUT2D eigenvalue weighted by Gasteiger charge is -2.32. The Morgan fingerprint density at radius 2 is 1.03 bits per heavy atom. The van der Waals surface area contributed by atoms with Crippen LogP contribution in [0.15, 0.2) is 35.4 Å². The van der Waals surface area contributed by atoms with Crippen LogP contribution in [0.3, 0.4) is 0 Å². The molecular formula is C30H30O6. The van der Waals surface area contributed by atoms with E-state index in [1.165, 1.54) is 13.8 Å². The number of fused-ring (bicyclic) bond motifs is 1. The Kier molecular flexibility index (Phi) is 7.45. The zero-order chi connectivity index (χ0) is 25.8. The van der Waals surface area contributed by atoms with Crippen molar-refractivity contribution in [2.75, 3.05) is 0 Å². The second-order valence-electron chi connectivity index (χ2n) is 9.75. The highest BCUT2D eigenvalue weighted by molar-refractivity contribution is 6.30. The summed E-state index contributed by atoms with van der Waals surface area (Å²) in [7, 11) is 0. The number of benzene rings is 1. The molecule has 3 aliphatic rings. The quantitative estimate of drug-likeness (QED) is 0.437. The number of allylic oxidation sites excluding steroid dienone is 2. The molecule has 2 saturated carbocycles. The second kappa shape index (κ2) is 10.5. The maximum absolute atomic E-state index is 13.5. The van der Waals surface area contributed by atoms with Crippen LogP contribution in [-0.4, -0.2) is 34.7 Å². The molecule has 1 aromatic rings. The molecule has 0 amide bonds. The summed E-state index contributed by atoms with van der Waals surface area (Å²) in [4.78, 5) is 50.7. The van der Waals surface area contributed by atoms with E-state index >= 15 is 0 Å². The van der Waals surface area contributed by atoms with Crippen LogP contribution >= 0.6 is 0 Å². The third kappa shape index (κ3) is 5.44. The molecule has 0 heterocycles. The summed E-state index contributed by atoms with van der Waals surface area (Å²) in [6, 6.07) is 6.60. The van der Waals surface area contributed by atoms with Gasteiger partial charge in [-0.2, -0.15) is 0 Å². The third-order valence-corrected chi connectivity index (χ3v) is 6.95. The highest BCUT2D eigenvalue weighted by Gasteiger charge is 2.37. The Hall–Kier alpha value is -3.64. The van der Waals surface area contributed by atoms with Gasteiger partial charge in [0.05, 0.1) is 11.1 Å². The largest absolute Gasteiger partial charge is 0.446 e. The monoisotopic (exact) mass is 486 g/mol. The van der Waals surface area contributed by atoms with Crippen molar-refractivity contribution < 1.29 is 28.7 Å². The molecule has 6 heteroatoms. The number of esters is 2. The first-order valence-corrected chi connectivity index (χ1v) is 12.6. The molecule has 0 spiro atoms. The number of ether oxygens (including phenoxy) is 2. The van der Waals surface area contributed by atoms with Gasteiger partial charge in [-0.15, -0.1) is 0 Å². The predicted molar refractivity (Wildman–Crippen MR) is 133 cm³/mol. The van der Waals surface area contributed by atoms with Gasteiger partial charge in [0.2, 0.25) is 11.6 Å². The van der Waals surface area contributed by atoms with Crippen molar-refractivity contribution >= 4 is 23.5 Å². The average Bonchev–Trinajstić information content (AvgIpc) is 2.85. The summed E-state index contributed by atoms with van der Waals surface area (Å²) in [6.45, 7) is 2.69. The molecule has 36 heavy (non-hydrogen) atoms. The maximum Gasteiger partial charge on any atom is 0.304 e. The van der Waals surface area contributed by atoms with Crippen molar-refractivity contribution in [1.29, 1.82) is 0 Å². The summed E-state index contributed by atoms with van der Waals surface area (Å²) in [5.74, 6) is 10.3. The molecule has 1 aromatic carbocycles. The first-order chi connectivity index (χ1) is 17.2. The van der Waals surface area contributed by atoms with E-state index < -0.39 is 23.1 Å². The smallest absolute Gasteiger partial charge is 0.304 e. The Labute approximate surface area is 211 Å². The number of hydrogen-bond donors (Lipinski definition) is 0. The second-order valence-corrected chi connectivity index (χ2v) is 9.75. The van der Waals surface area contributed by atoms with Crippen molar-refractivity contribution in [3.63, 3.8) is 0 Å². The fourth-order valence-corrected chi connectivity index (χ4v) is 5.27. The molecule has 4 rings (SSSR count). The van der Waals surface area contributed by atoms with Crippen molar-refractivity contribution in [2.24, 2.45) is 0 Å². The van der Waals surface area contributed by atoms with E-state index in [0.717, 1.165) is 38.5 Å². The number of ketones is 2. The summed E-state index contributed by atoms with van der Waals surface area (Å²) in [6.07, 6.45) is 7.75. The summed E-state index contributed by atoms with van der Waals surface area (Å²) in [5, 5.41) is 0. The lowest BCUT2D eigenvalue weighted by Crippen LogP contribution is -2.35. The van der Waals surface area contributed by atoms with Crippen LogP contribution in [0.5, 0.6) is 0 Å². The van der Waals surface area contributed by atoms with Crippen LogP contribution < -0.4 is 0 Å². The fourth-order valence-electron chi connectivity index (χ4n) is 5.27. The first kappa shape index (κ1) is 25.5. The molecule has 0 saturated heterocycles. The topological polar surface area (TPSA) is 86.7 Å². The van der Waals surface area contributed by atoms with Crippen molar-refractivity contribution in [1.82, 2.24) is 0 Å². The number of hydrogen-bond acceptors (Lipinski definition) is 6. The van der Waals surface area contributed by atoms with E-state index in [-0.39, 0.29) is 33.8 Å². The molecule has 0 radical (unpaired) electrons. The van der Waals surface area contributed by atoms with E-state index in [4.69, 9.17) is 9.47 Å².